The number of aliphatic hydroxyl groups is 1. The Balaban J connectivity index is 1.58. The normalized spacial score (nSPS) is 41.8. The number of nitrogens with two attached hydrogens (primary N) is 1. The maximum Gasteiger partial charge on any atom is 0.166 e. The molecule has 6 heteroatoms. The number of phenolic OH excluding ortho intramolecular Hbond substituents is 1. The van der Waals surface area contributed by atoms with Crippen LogP contribution in [0.3, 0.4) is 0 Å². The van der Waals surface area contributed by atoms with Crippen LogP contribution in [0.2, 0.25) is 0 Å². The molecule has 1 saturated heterocycles. The van der Waals surface area contributed by atoms with E-state index in [4.69, 9.17) is 10.6 Å². The lowest BCUT2D eigenvalue weighted by Crippen LogP contribution is -2.76. The van der Waals surface area contributed by atoms with Gasteiger partial charge < -0.3 is 20.8 Å². The van der Waals surface area contributed by atoms with Crippen molar-refractivity contribution in [2.24, 2.45) is 16.9 Å². The lowest BCUT2D eigenvalue weighted by atomic mass is 9.49. The van der Waals surface area contributed by atoms with E-state index in [0.717, 1.165) is 43.1 Å². The fraction of sp³-hybridized carbons (Fsp3) is 0.650. The fourth-order valence-corrected chi connectivity index (χ4v) is 6.41. The number of hydrazone groups is 1. The SMILES string of the molecule is N/N=C1/CC[C@@]2(O)[C@H]3Cc4ccc(O)c5c4[C@@]2(CCN3CC2CC2)[C@H]1O5. The zero-order valence-electron chi connectivity index (χ0n) is 14.8. The molecule has 0 unspecified atom stereocenters. The van der Waals surface area contributed by atoms with Gasteiger partial charge in [0.2, 0.25) is 0 Å². The maximum absolute atomic E-state index is 12.1. The summed E-state index contributed by atoms with van der Waals surface area (Å²) in [6.45, 7) is 2.04. The molecule has 6 rings (SSSR count). The van der Waals surface area contributed by atoms with Crippen LogP contribution < -0.4 is 10.6 Å². The Labute approximate surface area is 152 Å². The predicted octanol–water partition coefficient (Wildman–Crippen LogP) is 1.27. The second-order valence-corrected chi connectivity index (χ2v) is 8.87. The number of nitrogens with zero attached hydrogens (tertiary/aromatic N) is 2. The highest BCUT2D eigenvalue weighted by Gasteiger charge is 2.72. The summed E-state index contributed by atoms with van der Waals surface area (Å²) >= 11 is 0. The first-order chi connectivity index (χ1) is 12.6. The molecule has 0 amide bonds. The van der Waals surface area contributed by atoms with Crippen LogP contribution in [0.4, 0.5) is 0 Å². The summed E-state index contributed by atoms with van der Waals surface area (Å²) in [4.78, 5) is 2.53. The summed E-state index contributed by atoms with van der Waals surface area (Å²) in [5.74, 6) is 7.20. The van der Waals surface area contributed by atoms with Crippen molar-refractivity contribution in [2.45, 2.75) is 61.7 Å². The highest BCUT2D eigenvalue weighted by Crippen LogP contribution is 2.65. The molecule has 4 N–H and O–H groups in total. The summed E-state index contributed by atoms with van der Waals surface area (Å²) in [7, 11) is 0. The molecule has 2 aliphatic heterocycles. The van der Waals surface area contributed by atoms with E-state index >= 15 is 0 Å². The third-order valence-corrected chi connectivity index (χ3v) is 7.74. The summed E-state index contributed by atoms with van der Waals surface area (Å²) in [5, 5.41) is 26.6. The fourth-order valence-electron chi connectivity index (χ4n) is 6.41. The van der Waals surface area contributed by atoms with E-state index in [1.807, 2.05) is 6.07 Å². The Morgan fingerprint density at radius 2 is 2.15 bits per heavy atom. The zero-order chi connectivity index (χ0) is 17.7. The molecule has 2 heterocycles. The third kappa shape index (κ3) is 1.59. The van der Waals surface area contributed by atoms with Gasteiger partial charge in [-0.05, 0) is 62.6 Å². The van der Waals surface area contributed by atoms with E-state index < -0.39 is 11.0 Å². The summed E-state index contributed by atoms with van der Waals surface area (Å²) in [5.41, 5.74) is 1.65. The highest BCUT2D eigenvalue weighted by atomic mass is 16.5. The number of aromatic hydroxyl groups is 1. The van der Waals surface area contributed by atoms with E-state index in [0.29, 0.717) is 18.6 Å². The quantitative estimate of drug-likeness (QED) is 0.549. The van der Waals surface area contributed by atoms with Gasteiger partial charge in [-0.1, -0.05) is 6.07 Å². The molecule has 26 heavy (non-hydrogen) atoms. The van der Waals surface area contributed by atoms with Crippen LogP contribution in [0.5, 0.6) is 11.5 Å². The van der Waals surface area contributed by atoms with E-state index in [1.54, 1.807) is 6.07 Å². The van der Waals surface area contributed by atoms with Crippen LogP contribution in [0.25, 0.3) is 0 Å². The molecule has 1 spiro atoms. The van der Waals surface area contributed by atoms with Crippen molar-refractivity contribution in [3.8, 4) is 11.5 Å². The van der Waals surface area contributed by atoms with Crippen molar-refractivity contribution in [1.29, 1.82) is 0 Å². The van der Waals surface area contributed by atoms with Crippen molar-refractivity contribution < 1.29 is 14.9 Å². The van der Waals surface area contributed by atoms with Gasteiger partial charge in [0.15, 0.2) is 17.6 Å². The Morgan fingerprint density at radius 3 is 2.92 bits per heavy atom. The molecule has 3 fully saturated rings. The van der Waals surface area contributed by atoms with Gasteiger partial charge in [-0.25, -0.2) is 0 Å². The molecule has 3 aliphatic carbocycles. The third-order valence-electron chi connectivity index (χ3n) is 7.74. The number of likely N-dealkylation sites (tertiary alicyclic amines) is 1. The van der Waals surface area contributed by atoms with Crippen molar-refractivity contribution >= 4 is 5.71 Å². The second kappa shape index (κ2) is 4.73. The zero-order valence-corrected chi connectivity index (χ0v) is 14.8. The van der Waals surface area contributed by atoms with Gasteiger partial charge in [-0.2, -0.15) is 5.10 Å². The maximum atomic E-state index is 12.1. The van der Waals surface area contributed by atoms with Gasteiger partial charge >= 0.3 is 0 Å². The van der Waals surface area contributed by atoms with E-state index in [2.05, 4.69) is 10.0 Å². The van der Waals surface area contributed by atoms with Crippen LogP contribution in [0.15, 0.2) is 17.2 Å². The van der Waals surface area contributed by atoms with E-state index in [9.17, 15) is 10.2 Å². The van der Waals surface area contributed by atoms with Crippen molar-refractivity contribution in [3.05, 3.63) is 23.3 Å². The van der Waals surface area contributed by atoms with Crippen LogP contribution in [-0.4, -0.2) is 51.7 Å². The van der Waals surface area contributed by atoms with Crippen LogP contribution in [0, 0.1) is 5.92 Å². The average molecular weight is 355 g/mol. The molecule has 4 atom stereocenters. The lowest BCUT2D eigenvalue weighted by molar-refractivity contribution is -0.166. The van der Waals surface area contributed by atoms with Gasteiger partial charge in [0.1, 0.15) is 0 Å². The summed E-state index contributed by atoms with van der Waals surface area (Å²) in [6, 6.07) is 3.85. The monoisotopic (exact) mass is 355 g/mol. The number of rotatable bonds is 2. The van der Waals surface area contributed by atoms with E-state index in [-0.39, 0.29) is 17.9 Å². The molecule has 5 aliphatic rings. The van der Waals surface area contributed by atoms with Gasteiger partial charge in [0.25, 0.3) is 0 Å². The largest absolute Gasteiger partial charge is 0.504 e. The first-order valence-electron chi connectivity index (χ1n) is 9.83. The first-order valence-corrected chi connectivity index (χ1v) is 9.83. The summed E-state index contributed by atoms with van der Waals surface area (Å²) < 4.78 is 6.27. The van der Waals surface area contributed by atoms with Crippen molar-refractivity contribution in [2.75, 3.05) is 13.1 Å². The number of piperidine rings is 1. The summed E-state index contributed by atoms with van der Waals surface area (Å²) in [6.07, 6.45) is 5.21. The molecular weight excluding hydrogens is 330 g/mol. The molecule has 0 aromatic heterocycles. The lowest BCUT2D eigenvalue weighted by Gasteiger charge is -2.63. The Hall–Kier alpha value is -1.79. The predicted molar refractivity (Wildman–Crippen MR) is 96.4 cm³/mol. The Bertz CT molecular complexity index is 836. The number of phenols is 1. The van der Waals surface area contributed by atoms with Crippen LogP contribution in [0.1, 0.15) is 43.2 Å². The van der Waals surface area contributed by atoms with Gasteiger partial charge in [-0.3, -0.25) is 4.90 Å². The number of hydrogen-bond acceptors (Lipinski definition) is 6. The van der Waals surface area contributed by atoms with Crippen LogP contribution in [-0.2, 0) is 11.8 Å². The number of ether oxygens (including phenoxy) is 1. The van der Waals surface area contributed by atoms with Crippen molar-refractivity contribution in [1.82, 2.24) is 4.90 Å². The minimum absolute atomic E-state index is 0.102. The topological polar surface area (TPSA) is 91.3 Å². The standard InChI is InChI=1S/C20H25N3O3/c21-22-13-5-6-20(25)15-9-12-3-4-14(24)17-16(12)19(20,18(13)26-17)7-8-23(15)10-11-1-2-11/h3-4,11,15,18,24-25H,1-2,5-10,21H2/b22-13-/t15-,18+,19+,20-/m1/s1. The highest BCUT2D eigenvalue weighted by molar-refractivity contribution is 5.94. The smallest absolute Gasteiger partial charge is 0.166 e. The van der Waals surface area contributed by atoms with Gasteiger partial charge in [0, 0.05) is 18.2 Å². The molecule has 2 saturated carbocycles. The Kier molecular flexibility index (Phi) is 2.78. The molecule has 1 aromatic carbocycles. The van der Waals surface area contributed by atoms with Crippen LogP contribution >= 0.6 is 0 Å². The molecule has 2 bridgehead atoms. The molecular formula is C20H25N3O3. The van der Waals surface area contributed by atoms with E-state index in [1.165, 1.54) is 18.4 Å². The first kappa shape index (κ1) is 15.3. The molecule has 0 radical (unpaired) electrons. The molecule has 1 aromatic rings. The van der Waals surface area contributed by atoms with Gasteiger partial charge in [-0.15, -0.1) is 0 Å². The molecule has 138 valence electrons. The molecule has 6 nitrogen and oxygen atoms in total. The number of hydrogen-bond donors (Lipinski definition) is 3. The minimum Gasteiger partial charge on any atom is -0.504 e. The Morgan fingerprint density at radius 1 is 1.31 bits per heavy atom. The number of benzene rings is 1. The van der Waals surface area contributed by atoms with Gasteiger partial charge in [0.05, 0.1) is 16.7 Å². The minimum atomic E-state index is -0.856. The average Bonchev–Trinajstić information content (AvgIpc) is 3.37. The second-order valence-electron chi connectivity index (χ2n) is 8.87. The van der Waals surface area contributed by atoms with Crippen molar-refractivity contribution in [3.63, 3.8) is 0 Å².